The first kappa shape index (κ1) is 28.5. The number of pyridine rings is 1. The van der Waals surface area contributed by atoms with Crippen LogP contribution in [-0.4, -0.2) is 66.3 Å². The van der Waals surface area contributed by atoms with Gasteiger partial charge < -0.3 is 14.4 Å². The van der Waals surface area contributed by atoms with E-state index in [2.05, 4.69) is 4.98 Å². The predicted octanol–water partition coefficient (Wildman–Crippen LogP) is 3.93. The van der Waals surface area contributed by atoms with E-state index in [0.717, 1.165) is 22.2 Å². The zero-order valence-electron chi connectivity index (χ0n) is 23.2. The summed E-state index contributed by atoms with van der Waals surface area (Å²) in [5.41, 5.74) is 1.25. The van der Waals surface area contributed by atoms with Gasteiger partial charge in [0.25, 0.3) is 0 Å². The Labute approximate surface area is 229 Å². The van der Waals surface area contributed by atoms with Crippen LogP contribution in [0.15, 0.2) is 59.5 Å². The van der Waals surface area contributed by atoms with Gasteiger partial charge >= 0.3 is 5.97 Å². The Morgan fingerprint density at radius 1 is 1.05 bits per heavy atom. The Hall–Kier alpha value is -3.50. The van der Waals surface area contributed by atoms with E-state index in [1.807, 2.05) is 37.3 Å². The average Bonchev–Trinajstić information content (AvgIpc) is 2.87. The number of nitrogens with zero attached hydrogens (tertiary/aromatic N) is 3. The van der Waals surface area contributed by atoms with Gasteiger partial charge in [-0.2, -0.15) is 4.31 Å². The van der Waals surface area contributed by atoms with E-state index in [1.165, 1.54) is 28.4 Å². The van der Waals surface area contributed by atoms with Crippen molar-refractivity contribution in [1.29, 1.82) is 0 Å². The SMILES string of the molecule is COC(=O)C1(N(C(C)C)S(=O)(=O)c2ccc(OCc3cc(C)nc4ccccc34)cc2)CN(C(=O)C(C)C)C1. The first-order chi connectivity index (χ1) is 18.4. The molecule has 208 valence electrons. The molecule has 0 N–H and O–H groups in total. The maximum absolute atomic E-state index is 13.9. The zero-order chi connectivity index (χ0) is 28.5. The Morgan fingerprint density at radius 3 is 2.28 bits per heavy atom. The topological polar surface area (TPSA) is 106 Å². The maximum atomic E-state index is 13.9. The number of hydrogen-bond acceptors (Lipinski definition) is 7. The van der Waals surface area contributed by atoms with Crippen molar-refractivity contribution >= 4 is 32.8 Å². The second-order valence-corrected chi connectivity index (χ2v) is 12.3. The molecule has 3 aromatic rings. The van der Waals surface area contributed by atoms with Crippen molar-refractivity contribution in [2.45, 2.75) is 57.7 Å². The minimum Gasteiger partial charge on any atom is -0.489 e. The van der Waals surface area contributed by atoms with Crippen LogP contribution in [-0.2, 0) is 31.0 Å². The van der Waals surface area contributed by atoms with Gasteiger partial charge in [0.15, 0.2) is 5.54 Å². The molecule has 1 aliphatic rings. The monoisotopic (exact) mass is 553 g/mol. The molecular weight excluding hydrogens is 518 g/mol. The summed E-state index contributed by atoms with van der Waals surface area (Å²) in [6.07, 6.45) is 0. The fourth-order valence-corrected chi connectivity index (χ4v) is 7.07. The van der Waals surface area contributed by atoms with Crippen molar-refractivity contribution in [3.8, 4) is 5.75 Å². The number of carbonyl (C=O) groups excluding carboxylic acids is 2. The van der Waals surface area contributed by atoms with Gasteiger partial charge in [0, 0.05) is 28.6 Å². The molecule has 9 nitrogen and oxygen atoms in total. The molecule has 4 rings (SSSR count). The Balaban J connectivity index is 1.58. The Bertz CT molecular complexity index is 1480. The summed E-state index contributed by atoms with van der Waals surface area (Å²) < 4.78 is 40.0. The molecule has 1 aliphatic heterocycles. The number of aryl methyl sites for hydroxylation is 1. The second kappa shape index (κ2) is 10.9. The summed E-state index contributed by atoms with van der Waals surface area (Å²) in [7, 11) is -2.91. The molecule has 1 fully saturated rings. The van der Waals surface area contributed by atoms with E-state index >= 15 is 0 Å². The van der Waals surface area contributed by atoms with E-state index in [-0.39, 0.29) is 29.8 Å². The molecule has 1 amide bonds. The van der Waals surface area contributed by atoms with E-state index in [1.54, 1.807) is 39.8 Å². The zero-order valence-corrected chi connectivity index (χ0v) is 24.0. The number of rotatable bonds is 9. The van der Waals surface area contributed by atoms with Crippen LogP contribution in [0.1, 0.15) is 39.0 Å². The standard InChI is InChI=1S/C29H35N3O6S/c1-19(2)27(33)31-17-29(18-31,28(34)37-6)32(20(3)4)39(35,36)24-13-11-23(12-14-24)38-16-22-15-21(5)30-26-10-8-7-9-25(22)26/h7-15,19-20H,16-18H2,1-6H3. The lowest BCUT2D eigenvalue weighted by Crippen LogP contribution is -2.77. The second-order valence-electron chi connectivity index (χ2n) is 10.5. The lowest BCUT2D eigenvalue weighted by Gasteiger charge is -2.54. The van der Waals surface area contributed by atoms with Crippen LogP contribution in [0, 0.1) is 12.8 Å². The van der Waals surface area contributed by atoms with Gasteiger partial charge in [0.05, 0.1) is 30.6 Å². The molecule has 39 heavy (non-hydrogen) atoms. The van der Waals surface area contributed by atoms with Crippen LogP contribution in [0.5, 0.6) is 5.75 Å². The number of carbonyl (C=O) groups is 2. The van der Waals surface area contributed by atoms with Gasteiger partial charge in [-0.1, -0.05) is 32.0 Å². The average molecular weight is 554 g/mol. The Kier molecular flexibility index (Phi) is 7.99. The first-order valence-corrected chi connectivity index (χ1v) is 14.3. The summed E-state index contributed by atoms with van der Waals surface area (Å²) in [4.78, 5) is 31.6. The highest BCUT2D eigenvalue weighted by atomic mass is 32.2. The van der Waals surface area contributed by atoms with Gasteiger partial charge in [0.1, 0.15) is 12.4 Å². The van der Waals surface area contributed by atoms with E-state index in [0.29, 0.717) is 12.4 Å². The predicted molar refractivity (Wildman–Crippen MR) is 148 cm³/mol. The number of benzene rings is 2. The van der Waals surface area contributed by atoms with Crippen molar-refractivity contribution in [3.05, 3.63) is 65.9 Å². The normalized spacial score (nSPS) is 15.1. The molecule has 0 bridgehead atoms. The third-order valence-electron chi connectivity index (χ3n) is 6.87. The van der Waals surface area contributed by atoms with Crippen molar-refractivity contribution in [2.75, 3.05) is 20.2 Å². The largest absolute Gasteiger partial charge is 0.489 e. The van der Waals surface area contributed by atoms with Crippen molar-refractivity contribution < 1.29 is 27.5 Å². The molecule has 0 spiro atoms. The minimum absolute atomic E-state index is 0.0191. The van der Waals surface area contributed by atoms with Gasteiger partial charge in [-0.15, -0.1) is 0 Å². The third kappa shape index (κ3) is 5.35. The summed E-state index contributed by atoms with van der Waals surface area (Å²) in [6.45, 7) is 9.03. The van der Waals surface area contributed by atoms with Crippen molar-refractivity contribution in [3.63, 3.8) is 0 Å². The van der Waals surface area contributed by atoms with Crippen LogP contribution in [0.3, 0.4) is 0 Å². The summed E-state index contributed by atoms with van der Waals surface area (Å²) >= 11 is 0. The molecule has 0 aliphatic carbocycles. The quantitative estimate of drug-likeness (QED) is 0.370. The van der Waals surface area contributed by atoms with Crippen LogP contribution < -0.4 is 4.74 Å². The molecule has 1 saturated heterocycles. The highest BCUT2D eigenvalue weighted by molar-refractivity contribution is 7.89. The number of hydrogen-bond donors (Lipinski definition) is 0. The number of ether oxygens (including phenoxy) is 2. The van der Waals surface area contributed by atoms with Crippen LogP contribution >= 0.6 is 0 Å². The minimum atomic E-state index is -4.13. The molecule has 0 saturated carbocycles. The molecule has 2 heterocycles. The van der Waals surface area contributed by atoms with Crippen molar-refractivity contribution in [2.24, 2.45) is 5.92 Å². The van der Waals surface area contributed by atoms with E-state index < -0.39 is 27.6 Å². The smallest absolute Gasteiger partial charge is 0.331 e. The summed E-state index contributed by atoms with van der Waals surface area (Å²) in [6, 6.07) is 15.4. The first-order valence-electron chi connectivity index (χ1n) is 12.9. The molecule has 0 radical (unpaired) electrons. The highest BCUT2D eigenvalue weighted by Gasteiger charge is 2.60. The van der Waals surface area contributed by atoms with Crippen molar-refractivity contribution in [1.82, 2.24) is 14.2 Å². The number of methoxy groups -OCH3 is 1. The number of para-hydroxylation sites is 1. The summed E-state index contributed by atoms with van der Waals surface area (Å²) in [5.74, 6) is -0.600. The lowest BCUT2D eigenvalue weighted by molar-refractivity contribution is -0.170. The molecule has 1 aromatic heterocycles. The van der Waals surface area contributed by atoms with Gasteiger partial charge in [-0.3, -0.25) is 9.78 Å². The third-order valence-corrected chi connectivity index (χ3v) is 9.03. The molecule has 10 heteroatoms. The lowest BCUT2D eigenvalue weighted by atomic mass is 9.87. The number of fused-ring (bicyclic) bond motifs is 1. The molecule has 0 unspecified atom stereocenters. The van der Waals surface area contributed by atoms with Gasteiger partial charge in [-0.05, 0) is 57.2 Å². The van der Waals surface area contributed by atoms with Gasteiger partial charge in [-0.25, -0.2) is 13.2 Å². The van der Waals surface area contributed by atoms with Crippen LogP contribution in [0.25, 0.3) is 10.9 Å². The fourth-order valence-electron chi connectivity index (χ4n) is 5.15. The van der Waals surface area contributed by atoms with E-state index in [4.69, 9.17) is 9.47 Å². The van der Waals surface area contributed by atoms with E-state index in [9.17, 15) is 18.0 Å². The number of amides is 1. The maximum Gasteiger partial charge on any atom is 0.331 e. The number of likely N-dealkylation sites (tertiary alicyclic amines) is 1. The highest BCUT2D eigenvalue weighted by Crippen LogP contribution is 2.37. The van der Waals surface area contributed by atoms with Crippen LogP contribution in [0.4, 0.5) is 0 Å². The Morgan fingerprint density at radius 2 is 1.69 bits per heavy atom. The number of esters is 1. The molecule has 2 aromatic carbocycles. The van der Waals surface area contributed by atoms with Gasteiger partial charge in [0.2, 0.25) is 15.9 Å². The number of aromatic nitrogens is 1. The number of sulfonamides is 1. The fraction of sp³-hybridized carbons (Fsp3) is 0.414. The van der Waals surface area contributed by atoms with Crippen LogP contribution in [0.2, 0.25) is 0 Å². The molecule has 0 atom stereocenters. The summed E-state index contributed by atoms with van der Waals surface area (Å²) in [5, 5.41) is 0.994. The molecular formula is C29H35N3O6S.